The van der Waals surface area contributed by atoms with Crippen LogP contribution in [0.3, 0.4) is 0 Å². The summed E-state index contributed by atoms with van der Waals surface area (Å²) in [5.41, 5.74) is 2.55. The minimum absolute atomic E-state index is 0.0452. The molecule has 6 heteroatoms. The number of benzene rings is 1. The molecule has 0 spiro atoms. The molecule has 6 nitrogen and oxygen atoms in total. The topological polar surface area (TPSA) is 67.3 Å². The van der Waals surface area contributed by atoms with Crippen LogP contribution in [0, 0.1) is 0 Å². The summed E-state index contributed by atoms with van der Waals surface area (Å²) in [6, 6.07) is 12.1. The van der Waals surface area contributed by atoms with Gasteiger partial charge in [0.05, 0.1) is 6.04 Å². The molecule has 1 aliphatic heterocycles. The minimum atomic E-state index is -0.128. The average molecular weight is 352 g/mol. The van der Waals surface area contributed by atoms with Gasteiger partial charge in [-0.1, -0.05) is 24.3 Å². The van der Waals surface area contributed by atoms with Gasteiger partial charge >= 0.3 is 0 Å². The van der Waals surface area contributed by atoms with E-state index in [4.69, 9.17) is 4.74 Å². The molecule has 1 aliphatic carbocycles. The molecule has 1 amide bonds. The Hall–Kier alpha value is -2.63. The zero-order valence-electron chi connectivity index (χ0n) is 14.9. The van der Waals surface area contributed by atoms with E-state index < -0.39 is 0 Å². The number of carbonyl (C=O) groups is 1. The van der Waals surface area contributed by atoms with Gasteiger partial charge in [0.2, 0.25) is 5.88 Å². The van der Waals surface area contributed by atoms with E-state index in [0.29, 0.717) is 5.88 Å². The van der Waals surface area contributed by atoms with Crippen molar-refractivity contribution in [2.24, 2.45) is 0 Å². The average Bonchev–Trinajstić information content (AvgIpc) is 3.22. The van der Waals surface area contributed by atoms with Gasteiger partial charge in [0.15, 0.2) is 12.4 Å². The highest BCUT2D eigenvalue weighted by Gasteiger charge is 2.21. The smallest absolute Gasteiger partial charge is 0.258 e. The molecule has 2 heterocycles. The van der Waals surface area contributed by atoms with E-state index in [9.17, 15) is 4.79 Å². The molecule has 136 valence electrons. The maximum Gasteiger partial charge on any atom is 0.258 e. The van der Waals surface area contributed by atoms with Crippen molar-refractivity contribution in [1.29, 1.82) is 0 Å². The number of hydrogen-bond donors (Lipinski definition) is 1. The molecule has 26 heavy (non-hydrogen) atoms. The van der Waals surface area contributed by atoms with E-state index in [1.54, 1.807) is 6.07 Å². The van der Waals surface area contributed by atoms with E-state index in [-0.39, 0.29) is 18.6 Å². The number of amides is 1. The fourth-order valence-corrected chi connectivity index (χ4v) is 3.78. The van der Waals surface area contributed by atoms with Crippen LogP contribution >= 0.6 is 0 Å². The zero-order chi connectivity index (χ0) is 17.8. The molecule has 1 unspecified atom stereocenters. The lowest BCUT2D eigenvalue weighted by Crippen LogP contribution is -2.34. The maximum atomic E-state index is 12.3. The van der Waals surface area contributed by atoms with Gasteiger partial charge < -0.3 is 15.0 Å². The largest absolute Gasteiger partial charge is 0.466 e. The summed E-state index contributed by atoms with van der Waals surface area (Å²) in [7, 11) is 0. The van der Waals surface area contributed by atoms with Crippen molar-refractivity contribution in [2.75, 3.05) is 24.6 Å². The molecule has 1 fully saturated rings. The fourth-order valence-electron chi connectivity index (χ4n) is 3.78. The van der Waals surface area contributed by atoms with Gasteiger partial charge in [0, 0.05) is 19.2 Å². The number of aryl methyl sites for hydroxylation is 1. The number of anilines is 1. The quantitative estimate of drug-likeness (QED) is 0.896. The highest BCUT2D eigenvalue weighted by atomic mass is 16.5. The Morgan fingerprint density at radius 3 is 2.77 bits per heavy atom. The zero-order valence-corrected chi connectivity index (χ0v) is 14.9. The van der Waals surface area contributed by atoms with Gasteiger partial charge in [-0.2, -0.15) is 0 Å². The number of nitrogens with zero attached hydrogens (tertiary/aromatic N) is 3. The van der Waals surface area contributed by atoms with Crippen LogP contribution in [0.1, 0.15) is 42.9 Å². The molecule has 4 rings (SSSR count). The van der Waals surface area contributed by atoms with Gasteiger partial charge in [-0.15, -0.1) is 10.2 Å². The molecule has 1 atom stereocenters. The number of fused-ring (bicyclic) bond motifs is 1. The van der Waals surface area contributed by atoms with Gasteiger partial charge in [0.25, 0.3) is 5.91 Å². The van der Waals surface area contributed by atoms with Crippen LogP contribution in [0.4, 0.5) is 5.82 Å². The second-order valence-corrected chi connectivity index (χ2v) is 6.92. The Kier molecular flexibility index (Phi) is 5.00. The molecule has 2 aromatic rings. The molecule has 0 saturated carbocycles. The molecular formula is C20H24N4O2. The summed E-state index contributed by atoms with van der Waals surface area (Å²) in [6.07, 6.45) is 5.53. The van der Waals surface area contributed by atoms with Crippen LogP contribution in [0.5, 0.6) is 5.88 Å². The molecule has 1 N–H and O–H groups in total. The lowest BCUT2D eigenvalue weighted by Gasteiger charge is -2.26. The number of ether oxygens (including phenoxy) is 1. The summed E-state index contributed by atoms with van der Waals surface area (Å²) >= 11 is 0. The van der Waals surface area contributed by atoms with Crippen LogP contribution in [-0.4, -0.2) is 35.8 Å². The molecule has 2 aliphatic rings. The third-order valence-corrected chi connectivity index (χ3v) is 5.11. The molecule has 0 radical (unpaired) electrons. The third-order valence-electron chi connectivity index (χ3n) is 5.11. The van der Waals surface area contributed by atoms with Crippen molar-refractivity contribution in [3.8, 4) is 5.88 Å². The van der Waals surface area contributed by atoms with E-state index >= 15 is 0 Å². The Balaban J connectivity index is 1.30. The number of nitrogens with one attached hydrogen (secondary N) is 1. The Bertz CT molecular complexity index is 757. The first-order chi connectivity index (χ1) is 12.8. The van der Waals surface area contributed by atoms with E-state index in [0.717, 1.165) is 38.2 Å². The van der Waals surface area contributed by atoms with Crippen LogP contribution in [0.15, 0.2) is 36.4 Å². The van der Waals surface area contributed by atoms with Crippen molar-refractivity contribution in [3.63, 3.8) is 0 Å². The predicted molar refractivity (Wildman–Crippen MR) is 99.2 cm³/mol. The van der Waals surface area contributed by atoms with Gasteiger partial charge in [-0.3, -0.25) is 4.79 Å². The number of rotatable bonds is 5. The standard InChI is InChI=1S/C20H24N4O2/c25-19(21-17-9-5-7-15-6-1-2-8-16(15)17)14-26-20-11-10-18(22-23-20)24-12-3-4-13-24/h1-2,6,8,10-11,17H,3-5,7,9,12-14H2,(H,21,25). The van der Waals surface area contributed by atoms with E-state index in [1.165, 1.54) is 24.0 Å². The SMILES string of the molecule is O=C(COc1ccc(N2CCCC2)nn1)NC1CCCc2ccccc21. The van der Waals surface area contributed by atoms with Crippen molar-refractivity contribution in [1.82, 2.24) is 15.5 Å². The Labute approximate surface area is 153 Å². The van der Waals surface area contributed by atoms with Gasteiger partial charge in [0.1, 0.15) is 0 Å². The summed E-state index contributed by atoms with van der Waals surface area (Å²) in [4.78, 5) is 14.5. The summed E-state index contributed by atoms with van der Waals surface area (Å²) in [5, 5.41) is 11.4. The predicted octanol–water partition coefficient (Wildman–Crippen LogP) is 2.65. The summed E-state index contributed by atoms with van der Waals surface area (Å²) in [6.45, 7) is 2.01. The summed E-state index contributed by atoms with van der Waals surface area (Å²) in [5.74, 6) is 1.13. The summed E-state index contributed by atoms with van der Waals surface area (Å²) < 4.78 is 5.51. The number of carbonyl (C=O) groups excluding carboxylic acids is 1. The van der Waals surface area contributed by atoms with E-state index in [1.807, 2.05) is 12.1 Å². The third kappa shape index (κ3) is 3.79. The Morgan fingerprint density at radius 2 is 1.96 bits per heavy atom. The molecular weight excluding hydrogens is 328 g/mol. The number of hydrogen-bond acceptors (Lipinski definition) is 5. The first-order valence-corrected chi connectivity index (χ1v) is 9.38. The van der Waals surface area contributed by atoms with Crippen LogP contribution < -0.4 is 15.0 Å². The molecule has 0 bridgehead atoms. The van der Waals surface area contributed by atoms with Crippen molar-refractivity contribution < 1.29 is 9.53 Å². The van der Waals surface area contributed by atoms with Crippen LogP contribution in [-0.2, 0) is 11.2 Å². The highest BCUT2D eigenvalue weighted by molar-refractivity contribution is 5.78. The second-order valence-electron chi connectivity index (χ2n) is 6.92. The fraction of sp³-hybridized carbons (Fsp3) is 0.450. The van der Waals surface area contributed by atoms with Crippen molar-refractivity contribution >= 4 is 11.7 Å². The molecule has 1 aromatic heterocycles. The number of aromatic nitrogens is 2. The lowest BCUT2D eigenvalue weighted by molar-refractivity contribution is -0.124. The highest BCUT2D eigenvalue weighted by Crippen LogP contribution is 2.29. The normalized spacial score (nSPS) is 19.1. The van der Waals surface area contributed by atoms with Gasteiger partial charge in [-0.05, 0) is 49.3 Å². The first-order valence-electron chi connectivity index (χ1n) is 9.38. The van der Waals surface area contributed by atoms with Crippen molar-refractivity contribution in [3.05, 3.63) is 47.5 Å². The first kappa shape index (κ1) is 16.8. The maximum absolute atomic E-state index is 12.3. The van der Waals surface area contributed by atoms with Gasteiger partial charge in [-0.25, -0.2) is 0 Å². The lowest BCUT2D eigenvalue weighted by atomic mass is 9.88. The Morgan fingerprint density at radius 1 is 1.12 bits per heavy atom. The molecule has 1 aromatic carbocycles. The second kappa shape index (κ2) is 7.72. The van der Waals surface area contributed by atoms with E-state index in [2.05, 4.69) is 38.6 Å². The monoisotopic (exact) mass is 352 g/mol. The van der Waals surface area contributed by atoms with Crippen LogP contribution in [0.2, 0.25) is 0 Å². The van der Waals surface area contributed by atoms with Crippen molar-refractivity contribution in [2.45, 2.75) is 38.1 Å². The molecule has 1 saturated heterocycles. The van der Waals surface area contributed by atoms with Crippen LogP contribution in [0.25, 0.3) is 0 Å². The minimum Gasteiger partial charge on any atom is -0.466 e.